The lowest BCUT2D eigenvalue weighted by molar-refractivity contribution is 0.368. The Balaban J connectivity index is 0.00000220. The number of benzene rings is 1. The number of guanidine groups is 1. The summed E-state index contributed by atoms with van der Waals surface area (Å²) in [6, 6.07) is 7.65. The highest BCUT2D eigenvalue weighted by atomic mass is 35.5. The van der Waals surface area contributed by atoms with Crippen LogP contribution in [0.15, 0.2) is 29.4 Å². The van der Waals surface area contributed by atoms with Crippen molar-refractivity contribution in [3.05, 3.63) is 34.9 Å². The Morgan fingerprint density at radius 1 is 1.24 bits per heavy atom. The molecule has 0 heterocycles. The summed E-state index contributed by atoms with van der Waals surface area (Å²) in [4.78, 5) is 0. The van der Waals surface area contributed by atoms with E-state index in [1.165, 1.54) is 32.1 Å². The van der Waals surface area contributed by atoms with Crippen molar-refractivity contribution in [3.8, 4) is 0 Å². The van der Waals surface area contributed by atoms with Crippen molar-refractivity contribution in [2.45, 2.75) is 38.5 Å². The lowest BCUT2D eigenvalue weighted by Gasteiger charge is -2.22. The third-order valence-corrected chi connectivity index (χ3v) is 3.95. The average Bonchev–Trinajstić information content (AvgIpc) is 2.45. The van der Waals surface area contributed by atoms with Crippen molar-refractivity contribution in [1.82, 2.24) is 5.43 Å². The van der Waals surface area contributed by atoms with Crippen molar-refractivity contribution >= 4 is 35.7 Å². The van der Waals surface area contributed by atoms with Crippen molar-refractivity contribution in [1.29, 1.82) is 5.41 Å². The maximum absolute atomic E-state index is 7.24. The summed E-state index contributed by atoms with van der Waals surface area (Å²) in [6.45, 7) is 0. The molecule has 116 valence electrons. The SMILES string of the molecule is Cl.N=C(N)N/N=C(\CC1CCCCC1)c1ccc(Cl)cc1. The number of nitrogens with zero attached hydrogens (tertiary/aromatic N) is 1. The second-order valence-corrected chi connectivity index (χ2v) is 5.74. The average molecular weight is 329 g/mol. The molecule has 0 atom stereocenters. The van der Waals surface area contributed by atoms with Crippen LogP contribution in [0.1, 0.15) is 44.1 Å². The Kier molecular flexibility index (Phi) is 7.54. The van der Waals surface area contributed by atoms with Gasteiger partial charge in [0.05, 0.1) is 5.71 Å². The Hall–Kier alpha value is -1.26. The van der Waals surface area contributed by atoms with E-state index in [9.17, 15) is 0 Å². The van der Waals surface area contributed by atoms with Gasteiger partial charge in [-0.3, -0.25) is 5.41 Å². The summed E-state index contributed by atoms with van der Waals surface area (Å²) >= 11 is 5.93. The van der Waals surface area contributed by atoms with E-state index >= 15 is 0 Å². The molecule has 0 unspecified atom stereocenters. The van der Waals surface area contributed by atoms with E-state index in [0.29, 0.717) is 10.9 Å². The second-order valence-electron chi connectivity index (χ2n) is 5.30. The molecule has 1 aliphatic rings. The second kappa shape index (κ2) is 8.90. The predicted octanol–water partition coefficient (Wildman–Crippen LogP) is 3.92. The first kappa shape index (κ1) is 17.8. The van der Waals surface area contributed by atoms with Gasteiger partial charge in [0.15, 0.2) is 0 Å². The molecule has 0 saturated heterocycles. The van der Waals surface area contributed by atoms with Gasteiger partial charge in [-0.1, -0.05) is 55.8 Å². The largest absolute Gasteiger partial charge is 0.369 e. The number of hydrazone groups is 1. The highest BCUT2D eigenvalue weighted by Gasteiger charge is 2.17. The van der Waals surface area contributed by atoms with Crippen LogP contribution in [0.25, 0.3) is 0 Å². The fraction of sp³-hybridized carbons (Fsp3) is 0.467. The molecule has 1 aromatic rings. The molecule has 1 aromatic carbocycles. The summed E-state index contributed by atoms with van der Waals surface area (Å²) < 4.78 is 0. The van der Waals surface area contributed by atoms with Crippen LogP contribution in [0.3, 0.4) is 0 Å². The Morgan fingerprint density at radius 3 is 2.43 bits per heavy atom. The smallest absolute Gasteiger partial charge is 0.206 e. The molecule has 0 aliphatic heterocycles. The summed E-state index contributed by atoms with van der Waals surface area (Å²) in [5, 5.41) is 12.2. The van der Waals surface area contributed by atoms with E-state index in [1.54, 1.807) is 0 Å². The van der Waals surface area contributed by atoms with E-state index in [1.807, 2.05) is 24.3 Å². The molecule has 21 heavy (non-hydrogen) atoms. The van der Waals surface area contributed by atoms with E-state index in [2.05, 4.69) is 10.5 Å². The summed E-state index contributed by atoms with van der Waals surface area (Å²) in [7, 11) is 0. The normalized spacial score (nSPS) is 16.1. The van der Waals surface area contributed by atoms with Crippen LogP contribution < -0.4 is 11.2 Å². The van der Waals surface area contributed by atoms with Crippen molar-refractivity contribution in [3.63, 3.8) is 0 Å². The predicted molar refractivity (Wildman–Crippen MR) is 91.5 cm³/mol. The first-order valence-corrected chi connectivity index (χ1v) is 7.45. The molecular weight excluding hydrogens is 307 g/mol. The minimum atomic E-state index is -0.139. The number of rotatable bonds is 4. The molecule has 0 amide bonds. The summed E-state index contributed by atoms with van der Waals surface area (Å²) in [5.41, 5.74) is 9.87. The molecule has 6 heteroatoms. The summed E-state index contributed by atoms with van der Waals surface area (Å²) in [6.07, 6.45) is 7.38. The zero-order chi connectivity index (χ0) is 14.4. The minimum absolute atomic E-state index is 0. The highest BCUT2D eigenvalue weighted by Crippen LogP contribution is 2.28. The number of nitrogens with two attached hydrogens (primary N) is 1. The quantitative estimate of drug-likeness (QED) is 0.445. The summed E-state index contributed by atoms with van der Waals surface area (Å²) in [5.74, 6) is 0.534. The lowest BCUT2D eigenvalue weighted by atomic mass is 9.84. The minimum Gasteiger partial charge on any atom is -0.369 e. The third-order valence-electron chi connectivity index (χ3n) is 3.70. The topological polar surface area (TPSA) is 74.3 Å². The molecule has 1 fully saturated rings. The zero-order valence-electron chi connectivity index (χ0n) is 11.9. The maximum atomic E-state index is 7.24. The molecule has 4 N–H and O–H groups in total. The fourth-order valence-corrected chi connectivity index (χ4v) is 2.79. The van der Waals surface area contributed by atoms with Crippen LogP contribution in [-0.2, 0) is 0 Å². The Labute approximate surface area is 137 Å². The number of hydrogen-bond acceptors (Lipinski definition) is 2. The first-order chi connectivity index (χ1) is 9.65. The van der Waals surface area contributed by atoms with Crippen LogP contribution in [0.2, 0.25) is 5.02 Å². The lowest BCUT2D eigenvalue weighted by Crippen LogP contribution is -2.27. The monoisotopic (exact) mass is 328 g/mol. The molecule has 4 nitrogen and oxygen atoms in total. The van der Waals surface area contributed by atoms with Crippen LogP contribution in [-0.4, -0.2) is 11.7 Å². The van der Waals surface area contributed by atoms with Gasteiger partial charge >= 0.3 is 0 Å². The van der Waals surface area contributed by atoms with Gasteiger partial charge in [-0.2, -0.15) is 5.10 Å². The number of halogens is 2. The first-order valence-electron chi connectivity index (χ1n) is 7.07. The van der Waals surface area contributed by atoms with Gasteiger partial charge in [-0.05, 0) is 30.0 Å². The van der Waals surface area contributed by atoms with E-state index < -0.39 is 0 Å². The van der Waals surface area contributed by atoms with Crippen LogP contribution in [0.5, 0.6) is 0 Å². The van der Waals surface area contributed by atoms with Gasteiger partial charge in [0.25, 0.3) is 0 Å². The standard InChI is InChI=1S/C15H21ClN4.ClH/c16-13-8-6-12(7-9-13)14(19-20-15(17)18)10-11-4-2-1-3-5-11;/h6-9,11H,1-5,10H2,(H4,17,18,20);1H/b19-14+;. The van der Waals surface area contributed by atoms with Crippen LogP contribution >= 0.6 is 24.0 Å². The van der Waals surface area contributed by atoms with Crippen LogP contribution in [0, 0.1) is 11.3 Å². The Bertz CT molecular complexity index is 479. The molecular formula is C15H22Cl2N4. The number of nitrogens with one attached hydrogen (secondary N) is 2. The third kappa shape index (κ3) is 5.94. The van der Waals surface area contributed by atoms with E-state index in [0.717, 1.165) is 17.7 Å². The Morgan fingerprint density at radius 2 is 1.86 bits per heavy atom. The molecule has 0 spiro atoms. The highest BCUT2D eigenvalue weighted by molar-refractivity contribution is 6.30. The van der Waals surface area contributed by atoms with Crippen molar-refractivity contribution in [2.75, 3.05) is 0 Å². The molecule has 0 bridgehead atoms. The zero-order valence-corrected chi connectivity index (χ0v) is 13.5. The van der Waals surface area contributed by atoms with Crippen molar-refractivity contribution < 1.29 is 0 Å². The van der Waals surface area contributed by atoms with Gasteiger partial charge < -0.3 is 5.73 Å². The molecule has 1 aliphatic carbocycles. The van der Waals surface area contributed by atoms with E-state index in [4.69, 9.17) is 22.7 Å². The maximum Gasteiger partial charge on any atom is 0.206 e. The van der Waals surface area contributed by atoms with Crippen LogP contribution in [0.4, 0.5) is 0 Å². The van der Waals surface area contributed by atoms with Gasteiger partial charge in [0, 0.05) is 5.02 Å². The molecule has 2 rings (SSSR count). The van der Waals surface area contributed by atoms with Gasteiger partial charge in [0.1, 0.15) is 0 Å². The molecule has 0 radical (unpaired) electrons. The molecule has 1 saturated carbocycles. The number of hydrogen-bond donors (Lipinski definition) is 3. The van der Waals surface area contributed by atoms with E-state index in [-0.39, 0.29) is 18.4 Å². The molecule has 0 aromatic heterocycles. The van der Waals surface area contributed by atoms with Gasteiger partial charge in [-0.15, -0.1) is 12.4 Å². The fourth-order valence-electron chi connectivity index (χ4n) is 2.66. The van der Waals surface area contributed by atoms with Crippen molar-refractivity contribution in [2.24, 2.45) is 16.8 Å². The van der Waals surface area contributed by atoms with Gasteiger partial charge in [-0.25, -0.2) is 5.43 Å². The van der Waals surface area contributed by atoms with Gasteiger partial charge in [0.2, 0.25) is 5.96 Å².